The molecule has 0 bridgehead atoms. The lowest BCUT2D eigenvalue weighted by molar-refractivity contribution is -0.251. The Hall–Kier alpha value is -1.18. The zero-order valence-electron chi connectivity index (χ0n) is 33.7. The summed E-state index contributed by atoms with van der Waals surface area (Å²) in [6.07, 6.45) is 16.0. The maximum Gasteiger partial charge on any atom is 0.302 e. The minimum absolute atomic E-state index is 0.00420. The first kappa shape index (κ1) is 36.8. The van der Waals surface area contributed by atoms with E-state index in [0.717, 1.165) is 78.3 Å². The largest absolute Gasteiger partial charge is 0.462 e. The smallest absolute Gasteiger partial charge is 0.302 e. The summed E-state index contributed by atoms with van der Waals surface area (Å²) in [6, 6.07) is 0. The fraction of sp³-hybridized carbons (Fsp3) is 0.955. The molecule has 2 saturated heterocycles. The standard InChI is InChI=1S/C44H73N3O4/c1-31(48)51-36-13-14-41(5)34(39(36,2)3)12-15-43(7)35(41)10-9-33-37-32(40(4)17-18-40)11-16-44(37,20-19-42(33,43)6)38(49)47-25-23-45(24-26-47)21-8-22-46-27-29-50-30-28-46/h32-37H,8-30H2,1-7H3. The van der Waals surface area contributed by atoms with Crippen LogP contribution in [0, 0.1) is 62.1 Å². The van der Waals surface area contributed by atoms with Crippen LogP contribution in [0.15, 0.2) is 0 Å². The SMILES string of the molecule is CC(=O)OC1CCC2(C)C(CCC3(C)C2CCC2C4C(C5(C)CC5)CCC4(C(=O)N4CCN(CCCN5CCOCC5)CC4)CCC23C)C1(C)C. The van der Waals surface area contributed by atoms with Crippen molar-refractivity contribution in [1.29, 1.82) is 0 Å². The van der Waals surface area contributed by atoms with Crippen molar-refractivity contribution in [3.8, 4) is 0 Å². The van der Waals surface area contributed by atoms with Gasteiger partial charge in [0.05, 0.1) is 18.6 Å². The molecule has 6 saturated carbocycles. The lowest BCUT2D eigenvalue weighted by Crippen LogP contribution is -2.68. The van der Waals surface area contributed by atoms with Crippen LogP contribution in [0.1, 0.15) is 132 Å². The molecule has 7 heteroatoms. The van der Waals surface area contributed by atoms with Gasteiger partial charge in [-0.05, 0) is 148 Å². The second-order valence-corrected chi connectivity index (χ2v) is 21.0. The van der Waals surface area contributed by atoms with Gasteiger partial charge >= 0.3 is 5.97 Å². The van der Waals surface area contributed by atoms with E-state index >= 15 is 4.79 Å². The Labute approximate surface area is 310 Å². The van der Waals surface area contributed by atoms with Crippen LogP contribution >= 0.6 is 0 Å². The highest BCUT2D eigenvalue weighted by atomic mass is 16.5. The molecule has 8 aliphatic rings. The van der Waals surface area contributed by atoms with E-state index in [4.69, 9.17) is 9.47 Å². The molecule has 2 aliphatic heterocycles. The third-order valence-electron chi connectivity index (χ3n) is 18.8. The molecule has 8 fully saturated rings. The number of rotatable bonds is 7. The number of carbonyl (C=O) groups is 2. The van der Waals surface area contributed by atoms with Crippen LogP contribution < -0.4 is 0 Å². The number of amides is 1. The normalized spacial score (nSPS) is 46.3. The van der Waals surface area contributed by atoms with Gasteiger partial charge in [-0.1, -0.05) is 41.5 Å². The molecule has 1 amide bonds. The van der Waals surface area contributed by atoms with Gasteiger partial charge in [-0.2, -0.15) is 0 Å². The number of nitrogens with zero attached hydrogens (tertiary/aromatic N) is 3. The van der Waals surface area contributed by atoms with E-state index in [1.165, 1.54) is 70.8 Å². The van der Waals surface area contributed by atoms with Crippen molar-refractivity contribution in [1.82, 2.24) is 14.7 Å². The average Bonchev–Trinajstić information content (AvgIpc) is 3.71. The monoisotopic (exact) mass is 708 g/mol. The Morgan fingerprint density at radius 1 is 0.667 bits per heavy atom. The molecular formula is C44H73N3O4. The van der Waals surface area contributed by atoms with Crippen LogP contribution in [0.5, 0.6) is 0 Å². The van der Waals surface area contributed by atoms with Crippen LogP contribution in [-0.2, 0) is 19.1 Å². The zero-order chi connectivity index (χ0) is 36.0. The minimum Gasteiger partial charge on any atom is -0.462 e. The highest BCUT2D eigenvalue weighted by molar-refractivity contribution is 5.84. The number of carbonyl (C=O) groups excluding carboxylic acids is 2. The van der Waals surface area contributed by atoms with E-state index in [1.54, 1.807) is 6.92 Å². The van der Waals surface area contributed by atoms with Gasteiger partial charge in [0.1, 0.15) is 6.10 Å². The Morgan fingerprint density at radius 3 is 2.02 bits per heavy atom. The molecule has 7 nitrogen and oxygen atoms in total. The summed E-state index contributed by atoms with van der Waals surface area (Å²) in [6.45, 7) is 27.2. The van der Waals surface area contributed by atoms with Crippen LogP contribution in [0.25, 0.3) is 0 Å². The van der Waals surface area contributed by atoms with Crippen molar-refractivity contribution in [2.45, 2.75) is 138 Å². The Balaban J connectivity index is 1.01. The molecule has 0 N–H and O–H groups in total. The summed E-state index contributed by atoms with van der Waals surface area (Å²) in [5.74, 6) is 3.60. The summed E-state index contributed by atoms with van der Waals surface area (Å²) < 4.78 is 11.6. The highest BCUT2D eigenvalue weighted by Gasteiger charge is 2.73. The predicted octanol–water partition coefficient (Wildman–Crippen LogP) is 7.67. The van der Waals surface area contributed by atoms with Crippen molar-refractivity contribution in [2.24, 2.45) is 62.1 Å². The molecule has 288 valence electrons. The van der Waals surface area contributed by atoms with Gasteiger partial charge in [0.25, 0.3) is 0 Å². The molecular weight excluding hydrogens is 635 g/mol. The van der Waals surface area contributed by atoms with Gasteiger partial charge in [0.2, 0.25) is 5.91 Å². The molecule has 0 aromatic rings. The lowest BCUT2D eigenvalue weighted by Gasteiger charge is -2.73. The summed E-state index contributed by atoms with van der Waals surface area (Å²) in [4.78, 5) is 34.9. The molecule has 10 atom stereocenters. The van der Waals surface area contributed by atoms with Gasteiger partial charge < -0.3 is 14.4 Å². The Morgan fingerprint density at radius 2 is 1.35 bits per heavy atom. The van der Waals surface area contributed by atoms with Crippen LogP contribution in [0.4, 0.5) is 0 Å². The van der Waals surface area contributed by atoms with Crippen molar-refractivity contribution >= 4 is 11.9 Å². The van der Waals surface area contributed by atoms with Crippen LogP contribution in [-0.4, -0.2) is 98.3 Å². The van der Waals surface area contributed by atoms with Gasteiger partial charge in [-0.25, -0.2) is 0 Å². The first-order valence-electron chi connectivity index (χ1n) is 21.7. The molecule has 6 aliphatic carbocycles. The predicted molar refractivity (Wildman–Crippen MR) is 202 cm³/mol. The second-order valence-electron chi connectivity index (χ2n) is 21.0. The molecule has 0 aromatic heterocycles. The lowest BCUT2D eigenvalue weighted by atomic mass is 9.32. The number of piperazine rings is 1. The van der Waals surface area contributed by atoms with E-state index < -0.39 is 0 Å². The fourth-order valence-electron chi connectivity index (χ4n) is 15.5. The summed E-state index contributed by atoms with van der Waals surface area (Å²) in [5, 5.41) is 0. The van der Waals surface area contributed by atoms with Crippen molar-refractivity contribution in [2.75, 3.05) is 65.6 Å². The van der Waals surface area contributed by atoms with Gasteiger partial charge in [-0.3, -0.25) is 19.4 Å². The molecule has 8 rings (SSSR count). The number of fused-ring (bicyclic) bond motifs is 7. The van der Waals surface area contributed by atoms with Crippen LogP contribution in [0.3, 0.4) is 0 Å². The summed E-state index contributed by atoms with van der Waals surface area (Å²) >= 11 is 0. The zero-order valence-corrected chi connectivity index (χ0v) is 33.7. The molecule has 0 aromatic carbocycles. The average molecular weight is 708 g/mol. The maximum absolute atomic E-state index is 15.2. The maximum atomic E-state index is 15.2. The van der Waals surface area contributed by atoms with E-state index in [0.29, 0.717) is 40.9 Å². The molecule has 0 spiro atoms. The third-order valence-corrected chi connectivity index (χ3v) is 18.8. The van der Waals surface area contributed by atoms with Gasteiger partial charge in [0.15, 0.2) is 0 Å². The summed E-state index contributed by atoms with van der Waals surface area (Å²) in [7, 11) is 0. The van der Waals surface area contributed by atoms with Crippen molar-refractivity contribution in [3.63, 3.8) is 0 Å². The van der Waals surface area contributed by atoms with E-state index in [9.17, 15) is 4.79 Å². The van der Waals surface area contributed by atoms with E-state index in [-0.39, 0.29) is 39.1 Å². The van der Waals surface area contributed by atoms with Gasteiger partial charge in [-0.15, -0.1) is 0 Å². The molecule has 10 unspecified atom stereocenters. The van der Waals surface area contributed by atoms with E-state index in [2.05, 4.69) is 56.2 Å². The Bertz CT molecular complexity index is 1330. The quantitative estimate of drug-likeness (QED) is 0.253. The number of esters is 1. The molecule has 0 radical (unpaired) electrons. The number of hydrogen-bond acceptors (Lipinski definition) is 6. The van der Waals surface area contributed by atoms with Crippen molar-refractivity contribution < 1.29 is 19.1 Å². The highest BCUT2D eigenvalue weighted by Crippen LogP contribution is 2.79. The van der Waals surface area contributed by atoms with E-state index in [1.807, 2.05) is 0 Å². The minimum atomic E-state index is -0.146. The topological polar surface area (TPSA) is 62.3 Å². The van der Waals surface area contributed by atoms with Crippen molar-refractivity contribution in [3.05, 3.63) is 0 Å². The first-order chi connectivity index (χ1) is 24.2. The fourth-order valence-corrected chi connectivity index (χ4v) is 15.5. The number of hydrogen-bond donors (Lipinski definition) is 0. The first-order valence-corrected chi connectivity index (χ1v) is 21.7. The van der Waals surface area contributed by atoms with Crippen LogP contribution in [0.2, 0.25) is 0 Å². The molecule has 2 heterocycles. The number of ether oxygens (including phenoxy) is 2. The second kappa shape index (κ2) is 13.0. The third kappa shape index (κ3) is 5.72. The Kier molecular flexibility index (Phi) is 9.34. The summed E-state index contributed by atoms with van der Waals surface area (Å²) in [5.41, 5.74) is 1.12. The van der Waals surface area contributed by atoms with Gasteiger partial charge in [0, 0.05) is 51.6 Å². The number of morpholine rings is 1. The molecule has 51 heavy (non-hydrogen) atoms.